The Morgan fingerprint density at radius 1 is 1.42 bits per heavy atom. The van der Waals surface area contributed by atoms with E-state index in [-0.39, 0.29) is 5.41 Å². The van der Waals surface area contributed by atoms with E-state index in [1.165, 1.54) is 0 Å². The lowest BCUT2D eigenvalue weighted by Gasteiger charge is -2.12. The molecule has 2 aliphatic carbocycles. The Bertz CT molecular complexity index is 232. The van der Waals surface area contributed by atoms with Crippen LogP contribution in [0.15, 0.2) is 12.2 Å². The third-order valence-corrected chi connectivity index (χ3v) is 3.26. The van der Waals surface area contributed by atoms with Crippen molar-refractivity contribution in [1.82, 2.24) is 0 Å². The van der Waals surface area contributed by atoms with Crippen molar-refractivity contribution in [1.29, 1.82) is 0 Å². The van der Waals surface area contributed by atoms with E-state index in [4.69, 9.17) is 5.11 Å². The van der Waals surface area contributed by atoms with E-state index in [1.54, 1.807) is 0 Å². The van der Waals surface area contributed by atoms with Crippen LogP contribution in [-0.2, 0) is 4.79 Å². The fraction of sp³-hybridized carbons (Fsp3) is 0.700. The third kappa shape index (κ3) is 1.06. The maximum atomic E-state index is 11.0. The summed E-state index contributed by atoms with van der Waals surface area (Å²) < 4.78 is 0. The molecule has 0 aromatic rings. The molecule has 2 unspecified atom stereocenters. The fourth-order valence-corrected chi connectivity index (χ4v) is 2.31. The summed E-state index contributed by atoms with van der Waals surface area (Å²) in [5.74, 6) is -0.0947. The number of allylic oxidation sites excluding steroid dienone is 2. The zero-order chi connectivity index (χ0) is 8.60. The van der Waals surface area contributed by atoms with E-state index < -0.39 is 5.97 Å². The highest BCUT2D eigenvalue weighted by molar-refractivity contribution is 5.78. The van der Waals surface area contributed by atoms with Crippen LogP contribution >= 0.6 is 0 Å². The van der Waals surface area contributed by atoms with E-state index in [0.717, 1.165) is 32.1 Å². The van der Waals surface area contributed by atoms with E-state index in [2.05, 4.69) is 12.2 Å². The first kappa shape index (κ1) is 7.84. The van der Waals surface area contributed by atoms with Crippen LogP contribution in [0.25, 0.3) is 0 Å². The molecule has 1 fully saturated rings. The summed E-state index contributed by atoms with van der Waals surface area (Å²) in [4.78, 5) is 11.0. The van der Waals surface area contributed by atoms with Crippen LogP contribution < -0.4 is 0 Å². The molecule has 2 nitrogen and oxygen atoms in total. The summed E-state index contributed by atoms with van der Waals surface area (Å²) in [7, 11) is 0. The van der Waals surface area contributed by atoms with Crippen molar-refractivity contribution in [3.63, 3.8) is 0 Å². The predicted molar refractivity (Wildman–Crippen MR) is 45.8 cm³/mol. The number of rotatable bonds is 1. The fourth-order valence-electron chi connectivity index (χ4n) is 2.31. The zero-order valence-corrected chi connectivity index (χ0v) is 7.12. The first-order chi connectivity index (χ1) is 5.76. The van der Waals surface area contributed by atoms with Crippen molar-refractivity contribution >= 4 is 5.97 Å². The van der Waals surface area contributed by atoms with Gasteiger partial charge in [-0.1, -0.05) is 12.2 Å². The largest absolute Gasteiger partial charge is 0.481 e. The van der Waals surface area contributed by atoms with Gasteiger partial charge in [-0.2, -0.15) is 0 Å². The molecular formula is C10H14O2. The van der Waals surface area contributed by atoms with Gasteiger partial charge in [0.05, 0.1) is 5.41 Å². The highest BCUT2D eigenvalue weighted by atomic mass is 16.4. The van der Waals surface area contributed by atoms with E-state index in [9.17, 15) is 4.79 Å². The highest BCUT2D eigenvalue weighted by Crippen LogP contribution is 2.58. The Kier molecular flexibility index (Phi) is 1.71. The number of hydrogen-bond acceptors (Lipinski definition) is 1. The van der Waals surface area contributed by atoms with Gasteiger partial charge in [0, 0.05) is 0 Å². The molecule has 12 heavy (non-hydrogen) atoms. The molecule has 2 aliphatic rings. The minimum absolute atomic E-state index is 0.315. The van der Waals surface area contributed by atoms with Crippen LogP contribution in [0, 0.1) is 11.3 Å². The topological polar surface area (TPSA) is 37.3 Å². The van der Waals surface area contributed by atoms with Gasteiger partial charge in [0.15, 0.2) is 0 Å². The van der Waals surface area contributed by atoms with Gasteiger partial charge in [-0.25, -0.2) is 0 Å². The Balaban J connectivity index is 2.10. The number of aliphatic carboxylic acids is 1. The normalized spacial score (nSPS) is 39.5. The van der Waals surface area contributed by atoms with Crippen LogP contribution in [-0.4, -0.2) is 11.1 Å². The van der Waals surface area contributed by atoms with Gasteiger partial charge in [0.25, 0.3) is 0 Å². The third-order valence-electron chi connectivity index (χ3n) is 3.26. The second-order valence-corrected chi connectivity index (χ2v) is 3.95. The second kappa shape index (κ2) is 2.61. The first-order valence-electron chi connectivity index (χ1n) is 4.64. The Labute approximate surface area is 72.3 Å². The van der Waals surface area contributed by atoms with Gasteiger partial charge in [-0.3, -0.25) is 4.79 Å². The Morgan fingerprint density at radius 2 is 2.17 bits per heavy atom. The van der Waals surface area contributed by atoms with Gasteiger partial charge in [-0.05, 0) is 38.0 Å². The maximum absolute atomic E-state index is 11.0. The quantitative estimate of drug-likeness (QED) is 0.606. The van der Waals surface area contributed by atoms with Crippen LogP contribution in [0.5, 0.6) is 0 Å². The minimum Gasteiger partial charge on any atom is -0.481 e. The van der Waals surface area contributed by atoms with Crippen molar-refractivity contribution in [2.45, 2.75) is 32.1 Å². The molecular weight excluding hydrogens is 152 g/mol. The molecule has 66 valence electrons. The molecule has 1 saturated carbocycles. The summed E-state index contributed by atoms with van der Waals surface area (Å²) in [6, 6.07) is 0. The maximum Gasteiger partial charge on any atom is 0.309 e. The molecule has 0 aromatic carbocycles. The molecule has 2 atom stereocenters. The molecule has 0 saturated heterocycles. The van der Waals surface area contributed by atoms with Gasteiger partial charge in [0.2, 0.25) is 0 Å². The lowest BCUT2D eigenvalue weighted by atomic mass is 9.93. The summed E-state index contributed by atoms with van der Waals surface area (Å²) in [5, 5.41) is 9.03. The first-order valence-corrected chi connectivity index (χ1v) is 4.64. The molecule has 0 aromatic heterocycles. The van der Waals surface area contributed by atoms with Crippen molar-refractivity contribution in [2.75, 3.05) is 0 Å². The lowest BCUT2D eigenvalue weighted by molar-refractivity contribution is -0.144. The zero-order valence-electron chi connectivity index (χ0n) is 7.12. The molecule has 0 spiro atoms. The number of fused-ring (bicyclic) bond motifs is 1. The number of carboxylic acids is 1. The molecule has 0 heterocycles. The van der Waals surface area contributed by atoms with Crippen molar-refractivity contribution < 1.29 is 9.90 Å². The summed E-state index contributed by atoms with van der Waals surface area (Å²) in [5.41, 5.74) is -0.315. The van der Waals surface area contributed by atoms with Crippen LogP contribution in [0.3, 0.4) is 0 Å². The second-order valence-electron chi connectivity index (χ2n) is 3.95. The summed E-state index contributed by atoms with van der Waals surface area (Å²) in [6.07, 6.45) is 9.17. The Hall–Kier alpha value is -0.790. The van der Waals surface area contributed by atoms with Crippen LogP contribution in [0.1, 0.15) is 32.1 Å². The number of hydrogen-bond donors (Lipinski definition) is 1. The molecule has 0 radical (unpaired) electrons. The van der Waals surface area contributed by atoms with E-state index in [0.29, 0.717) is 5.92 Å². The van der Waals surface area contributed by atoms with E-state index in [1.807, 2.05) is 0 Å². The predicted octanol–water partition coefficient (Wildman–Crippen LogP) is 2.21. The average molecular weight is 166 g/mol. The Morgan fingerprint density at radius 3 is 2.92 bits per heavy atom. The van der Waals surface area contributed by atoms with Crippen molar-refractivity contribution in [3.8, 4) is 0 Å². The van der Waals surface area contributed by atoms with Crippen LogP contribution in [0.4, 0.5) is 0 Å². The molecule has 2 rings (SSSR count). The number of carboxylic acid groups (broad SMARTS) is 1. The average Bonchev–Trinajstić information content (AvgIpc) is 2.63. The van der Waals surface area contributed by atoms with Crippen molar-refractivity contribution in [2.24, 2.45) is 11.3 Å². The minimum atomic E-state index is -0.567. The molecule has 0 aliphatic heterocycles. The molecule has 1 N–H and O–H groups in total. The van der Waals surface area contributed by atoms with Gasteiger partial charge < -0.3 is 5.11 Å². The molecule has 0 bridgehead atoms. The standard InChI is InChI=1S/C10H14O2/c11-9(12)10-6-4-2-1-3-5-8(10)7-10/h1-2,8H,3-7H2,(H,11,12). The van der Waals surface area contributed by atoms with E-state index >= 15 is 0 Å². The van der Waals surface area contributed by atoms with Crippen LogP contribution in [0.2, 0.25) is 0 Å². The summed E-state index contributed by atoms with van der Waals surface area (Å²) >= 11 is 0. The summed E-state index contributed by atoms with van der Waals surface area (Å²) in [6.45, 7) is 0. The number of carbonyl (C=O) groups is 1. The smallest absolute Gasteiger partial charge is 0.309 e. The molecule has 2 heteroatoms. The van der Waals surface area contributed by atoms with Gasteiger partial charge >= 0.3 is 5.97 Å². The monoisotopic (exact) mass is 166 g/mol. The van der Waals surface area contributed by atoms with Gasteiger partial charge in [-0.15, -0.1) is 0 Å². The highest BCUT2D eigenvalue weighted by Gasteiger charge is 2.58. The van der Waals surface area contributed by atoms with Crippen molar-refractivity contribution in [3.05, 3.63) is 12.2 Å². The van der Waals surface area contributed by atoms with Gasteiger partial charge in [0.1, 0.15) is 0 Å². The lowest BCUT2D eigenvalue weighted by Crippen LogP contribution is -2.17. The SMILES string of the molecule is O=C(O)C12CCC=CCCC1C2. The molecule has 0 amide bonds.